The second-order valence-electron chi connectivity index (χ2n) is 7.76. The van der Waals surface area contributed by atoms with Gasteiger partial charge in [0.25, 0.3) is 5.91 Å². The number of methoxy groups -OCH3 is 2. The highest BCUT2D eigenvalue weighted by Crippen LogP contribution is 2.37. The van der Waals surface area contributed by atoms with Crippen LogP contribution in [0.3, 0.4) is 0 Å². The Morgan fingerprint density at radius 2 is 1.73 bits per heavy atom. The van der Waals surface area contributed by atoms with Gasteiger partial charge in [-0.3, -0.25) is 9.78 Å². The molecule has 0 spiro atoms. The van der Waals surface area contributed by atoms with Crippen LogP contribution in [0.25, 0.3) is 10.9 Å². The predicted molar refractivity (Wildman–Crippen MR) is 142 cm³/mol. The predicted octanol–water partition coefficient (Wildman–Crippen LogP) is 5.21. The second-order valence-corrected chi connectivity index (χ2v) is 8.17. The van der Waals surface area contributed by atoms with Crippen molar-refractivity contribution in [3.63, 3.8) is 0 Å². The minimum absolute atomic E-state index is 0.0537. The first-order valence-electron chi connectivity index (χ1n) is 11.2. The van der Waals surface area contributed by atoms with Crippen LogP contribution >= 0.6 is 12.2 Å². The lowest BCUT2D eigenvalue weighted by molar-refractivity contribution is -0.124. The highest BCUT2D eigenvalue weighted by Gasteiger charge is 2.13. The number of ether oxygens (including phenoxy) is 4. The Balaban J connectivity index is 1.37. The summed E-state index contributed by atoms with van der Waals surface area (Å²) in [6, 6.07) is 18.8. The standard InChI is InChI=1S/C27H24FN3O5S/c1-33-24-13-19-22(14-25(24)34-2)29-11-10-23(19)36-18-8-9-21(20(28)12-18)30-27(37)31-26(32)16-35-15-17-6-4-3-5-7-17/h3-14H,15-16H2,1-2H3,(H2,30,31,32,37). The number of carbonyl (C=O) groups is 1. The third-order valence-corrected chi connectivity index (χ3v) is 5.43. The third kappa shape index (κ3) is 6.69. The SMILES string of the molecule is COc1cc2nccc(Oc3ccc(NC(=S)NC(=O)COCc4ccccc4)c(F)c3)c2cc1OC. The zero-order chi connectivity index (χ0) is 26.2. The zero-order valence-electron chi connectivity index (χ0n) is 20.1. The van der Waals surface area contributed by atoms with Crippen molar-refractivity contribution in [2.45, 2.75) is 6.61 Å². The van der Waals surface area contributed by atoms with Gasteiger partial charge in [0.1, 0.15) is 23.9 Å². The molecule has 1 aromatic heterocycles. The Labute approximate surface area is 218 Å². The molecule has 0 saturated carbocycles. The molecule has 8 nitrogen and oxygen atoms in total. The first-order chi connectivity index (χ1) is 18.0. The van der Waals surface area contributed by atoms with E-state index in [1.807, 2.05) is 30.3 Å². The number of amides is 1. The maximum absolute atomic E-state index is 14.8. The van der Waals surface area contributed by atoms with Crippen LogP contribution in [0.4, 0.5) is 10.1 Å². The van der Waals surface area contributed by atoms with Crippen LogP contribution < -0.4 is 24.8 Å². The molecule has 0 unspecified atom stereocenters. The number of hydrogen-bond acceptors (Lipinski definition) is 7. The number of thiocarbonyl (C=S) groups is 1. The van der Waals surface area contributed by atoms with Crippen molar-refractivity contribution in [2.24, 2.45) is 0 Å². The molecule has 4 aromatic rings. The number of aromatic nitrogens is 1. The van der Waals surface area contributed by atoms with Crippen LogP contribution in [0.15, 0.2) is 72.9 Å². The van der Waals surface area contributed by atoms with Gasteiger partial charge in [-0.1, -0.05) is 30.3 Å². The number of anilines is 1. The number of rotatable bonds is 9. The maximum Gasteiger partial charge on any atom is 0.252 e. The fourth-order valence-corrected chi connectivity index (χ4v) is 3.70. The molecule has 0 aliphatic heterocycles. The molecule has 0 saturated heterocycles. The lowest BCUT2D eigenvalue weighted by Crippen LogP contribution is -2.36. The molecule has 0 aliphatic carbocycles. The van der Waals surface area contributed by atoms with Gasteiger partial charge in [0.2, 0.25) is 0 Å². The topological polar surface area (TPSA) is 90.9 Å². The Morgan fingerprint density at radius 1 is 0.973 bits per heavy atom. The van der Waals surface area contributed by atoms with Gasteiger partial charge in [-0.15, -0.1) is 0 Å². The minimum Gasteiger partial charge on any atom is -0.493 e. The van der Waals surface area contributed by atoms with Crippen LogP contribution in [-0.2, 0) is 16.1 Å². The normalized spacial score (nSPS) is 10.6. The molecule has 190 valence electrons. The van der Waals surface area contributed by atoms with Gasteiger partial charge in [-0.05, 0) is 42.0 Å². The molecule has 0 bridgehead atoms. The molecule has 2 N–H and O–H groups in total. The number of halogens is 1. The monoisotopic (exact) mass is 521 g/mol. The van der Waals surface area contributed by atoms with Crippen molar-refractivity contribution < 1.29 is 28.1 Å². The number of pyridine rings is 1. The highest BCUT2D eigenvalue weighted by molar-refractivity contribution is 7.80. The minimum atomic E-state index is -0.618. The van der Waals surface area contributed by atoms with Gasteiger partial charge in [0, 0.05) is 23.7 Å². The molecule has 4 rings (SSSR count). The van der Waals surface area contributed by atoms with Crippen LogP contribution in [0, 0.1) is 5.82 Å². The van der Waals surface area contributed by atoms with Gasteiger partial charge in [-0.2, -0.15) is 0 Å². The van der Waals surface area contributed by atoms with E-state index in [0.717, 1.165) is 5.56 Å². The van der Waals surface area contributed by atoms with Crippen molar-refractivity contribution in [3.8, 4) is 23.0 Å². The van der Waals surface area contributed by atoms with Gasteiger partial charge >= 0.3 is 0 Å². The number of nitrogens with zero attached hydrogens (tertiary/aromatic N) is 1. The zero-order valence-corrected chi connectivity index (χ0v) is 20.9. The van der Waals surface area contributed by atoms with Gasteiger partial charge in [-0.25, -0.2) is 4.39 Å². The van der Waals surface area contributed by atoms with Crippen LogP contribution in [-0.4, -0.2) is 36.8 Å². The van der Waals surface area contributed by atoms with E-state index in [1.165, 1.54) is 19.2 Å². The molecule has 0 aliphatic rings. The quantitative estimate of drug-likeness (QED) is 0.290. The summed E-state index contributed by atoms with van der Waals surface area (Å²) in [6.07, 6.45) is 1.58. The number of benzene rings is 3. The van der Waals surface area contributed by atoms with E-state index in [4.69, 9.17) is 31.2 Å². The molecule has 0 fully saturated rings. The van der Waals surface area contributed by atoms with Gasteiger partial charge in [0.15, 0.2) is 16.6 Å². The van der Waals surface area contributed by atoms with E-state index in [2.05, 4.69) is 15.6 Å². The Hall–Kier alpha value is -4.28. The summed E-state index contributed by atoms with van der Waals surface area (Å²) in [5.74, 6) is 0.697. The number of fused-ring (bicyclic) bond motifs is 1. The fraction of sp³-hybridized carbons (Fsp3) is 0.148. The molecule has 0 radical (unpaired) electrons. The van der Waals surface area contributed by atoms with Crippen molar-refractivity contribution in [1.82, 2.24) is 10.3 Å². The number of nitrogens with one attached hydrogen (secondary N) is 2. The van der Waals surface area contributed by atoms with E-state index in [-0.39, 0.29) is 29.8 Å². The van der Waals surface area contributed by atoms with Crippen molar-refractivity contribution in [1.29, 1.82) is 0 Å². The van der Waals surface area contributed by atoms with Crippen molar-refractivity contribution in [2.75, 3.05) is 26.1 Å². The lowest BCUT2D eigenvalue weighted by Gasteiger charge is -2.14. The second kappa shape index (κ2) is 12.1. The summed E-state index contributed by atoms with van der Waals surface area (Å²) in [6.45, 7) is 0.0974. The summed E-state index contributed by atoms with van der Waals surface area (Å²) >= 11 is 5.13. The van der Waals surface area contributed by atoms with E-state index in [9.17, 15) is 9.18 Å². The molecule has 1 amide bonds. The van der Waals surface area contributed by atoms with E-state index < -0.39 is 11.7 Å². The largest absolute Gasteiger partial charge is 0.493 e. The molecular weight excluding hydrogens is 497 g/mol. The lowest BCUT2D eigenvalue weighted by atomic mass is 10.2. The fourth-order valence-electron chi connectivity index (χ4n) is 3.48. The maximum atomic E-state index is 14.8. The van der Waals surface area contributed by atoms with Crippen LogP contribution in [0.5, 0.6) is 23.0 Å². The number of carbonyl (C=O) groups excluding carboxylic acids is 1. The third-order valence-electron chi connectivity index (χ3n) is 5.22. The Bertz CT molecular complexity index is 1420. The number of hydrogen-bond donors (Lipinski definition) is 2. The molecular formula is C27H24FN3O5S. The smallest absolute Gasteiger partial charge is 0.252 e. The van der Waals surface area contributed by atoms with E-state index in [0.29, 0.717) is 28.2 Å². The van der Waals surface area contributed by atoms with Crippen molar-refractivity contribution in [3.05, 3.63) is 84.3 Å². The van der Waals surface area contributed by atoms with Gasteiger partial charge in [0.05, 0.1) is 32.0 Å². The van der Waals surface area contributed by atoms with E-state index >= 15 is 0 Å². The summed E-state index contributed by atoms with van der Waals surface area (Å²) in [5, 5.41) is 5.75. The van der Waals surface area contributed by atoms with Gasteiger partial charge < -0.3 is 29.6 Å². The first-order valence-corrected chi connectivity index (χ1v) is 11.6. The van der Waals surface area contributed by atoms with Crippen LogP contribution in [0.1, 0.15) is 5.56 Å². The molecule has 0 atom stereocenters. The molecule has 37 heavy (non-hydrogen) atoms. The summed E-state index contributed by atoms with van der Waals surface area (Å²) < 4.78 is 36.8. The van der Waals surface area contributed by atoms with Crippen LogP contribution in [0.2, 0.25) is 0 Å². The average Bonchev–Trinajstić information content (AvgIpc) is 2.90. The Morgan fingerprint density at radius 3 is 2.46 bits per heavy atom. The van der Waals surface area contributed by atoms with E-state index in [1.54, 1.807) is 37.6 Å². The summed E-state index contributed by atoms with van der Waals surface area (Å²) in [4.78, 5) is 16.4. The molecule has 3 aromatic carbocycles. The van der Waals surface area contributed by atoms with Crippen molar-refractivity contribution >= 4 is 39.8 Å². The average molecular weight is 522 g/mol. The first kappa shape index (κ1) is 25.8. The highest BCUT2D eigenvalue weighted by atomic mass is 32.1. The Kier molecular flexibility index (Phi) is 8.44. The summed E-state index contributed by atoms with van der Waals surface area (Å²) in [5.41, 5.74) is 1.65. The molecule has 1 heterocycles. The summed E-state index contributed by atoms with van der Waals surface area (Å²) in [7, 11) is 3.08. The molecule has 10 heteroatoms.